The molecule has 2 aliphatic rings. The number of benzene rings is 2. The lowest BCUT2D eigenvalue weighted by Gasteiger charge is -2.30. The quantitative estimate of drug-likeness (QED) is 0.693. The molecule has 0 radical (unpaired) electrons. The zero-order valence-electron chi connectivity index (χ0n) is 16.9. The summed E-state index contributed by atoms with van der Waals surface area (Å²) in [6.07, 6.45) is -0.211. The topological polar surface area (TPSA) is 83.5 Å². The number of fused-ring (bicyclic) bond motifs is 2. The van der Waals surface area contributed by atoms with E-state index in [1.54, 1.807) is 37.3 Å². The number of carbonyl (C=O) groups is 2. The van der Waals surface area contributed by atoms with Gasteiger partial charge in [-0.25, -0.2) is 4.79 Å². The van der Waals surface area contributed by atoms with E-state index < -0.39 is 12.1 Å². The van der Waals surface area contributed by atoms with Gasteiger partial charge in [-0.15, -0.1) is 0 Å². The molecule has 158 valence electrons. The van der Waals surface area contributed by atoms with Crippen LogP contribution < -0.4 is 18.9 Å². The molecule has 0 spiro atoms. The summed E-state index contributed by atoms with van der Waals surface area (Å²) in [7, 11) is 3.17. The molecule has 0 unspecified atom stereocenters. The largest absolute Gasteiger partial charge is 0.493 e. The van der Waals surface area contributed by atoms with E-state index in [0.29, 0.717) is 42.5 Å². The van der Waals surface area contributed by atoms with Crippen LogP contribution in [0.2, 0.25) is 0 Å². The van der Waals surface area contributed by atoms with Gasteiger partial charge in [-0.1, -0.05) is 12.1 Å². The Morgan fingerprint density at radius 2 is 1.77 bits per heavy atom. The number of methoxy groups -OCH3 is 2. The van der Waals surface area contributed by atoms with E-state index in [1.807, 2.05) is 18.2 Å². The van der Waals surface area contributed by atoms with E-state index in [0.717, 1.165) is 11.1 Å². The maximum atomic E-state index is 12.6. The lowest BCUT2D eigenvalue weighted by molar-refractivity contribution is -0.160. The van der Waals surface area contributed by atoms with Crippen LogP contribution in [0.15, 0.2) is 36.4 Å². The second-order valence-electron chi connectivity index (χ2n) is 7.01. The number of para-hydroxylation sites is 2. The molecular formula is C22H23NO7. The molecular weight excluding hydrogens is 390 g/mol. The average molecular weight is 413 g/mol. The third kappa shape index (κ3) is 3.98. The molecule has 0 saturated carbocycles. The zero-order chi connectivity index (χ0) is 21.1. The first-order valence-corrected chi connectivity index (χ1v) is 9.65. The molecule has 2 aliphatic heterocycles. The summed E-state index contributed by atoms with van der Waals surface area (Å²) >= 11 is 0. The monoisotopic (exact) mass is 413 g/mol. The van der Waals surface area contributed by atoms with Crippen molar-refractivity contribution < 1.29 is 33.3 Å². The molecule has 4 rings (SSSR count). The fourth-order valence-electron chi connectivity index (χ4n) is 3.55. The Morgan fingerprint density at radius 1 is 1.07 bits per heavy atom. The Labute approximate surface area is 174 Å². The van der Waals surface area contributed by atoms with Gasteiger partial charge in [-0.05, 0) is 41.8 Å². The van der Waals surface area contributed by atoms with Crippen molar-refractivity contribution in [1.82, 2.24) is 4.90 Å². The van der Waals surface area contributed by atoms with E-state index in [4.69, 9.17) is 23.7 Å². The number of hydrogen-bond donors (Lipinski definition) is 0. The third-order valence-electron chi connectivity index (χ3n) is 5.18. The number of carbonyl (C=O) groups excluding carboxylic acids is 2. The standard InChI is InChI=1S/C22H23NO7/c1-26-18-9-14-7-8-23(11-15(14)10-19(18)27-2)21(24)13-29-22(25)20-12-28-16-5-3-4-6-17(16)30-20/h3-6,9-10,20H,7-8,11-13H2,1-2H3/t20-/m1/s1. The Morgan fingerprint density at radius 3 is 2.50 bits per heavy atom. The van der Waals surface area contributed by atoms with Crippen LogP contribution >= 0.6 is 0 Å². The van der Waals surface area contributed by atoms with Gasteiger partial charge < -0.3 is 28.6 Å². The predicted molar refractivity (Wildman–Crippen MR) is 106 cm³/mol. The minimum absolute atomic E-state index is 0.0444. The summed E-state index contributed by atoms with van der Waals surface area (Å²) in [5.41, 5.74) is 2.10. The van der Waals surface area contributed by atoms with Crippen molar-refractivity contribution in [3.8, 4) is 23.0 Å². The van der Waals surface area contributed by atoms with Gasteiger partial charge in [-0.3, -0.25) is 4.79 Å². The summed E-state index contributed by atoms with van der Waals surface area (Å²) < 4.78 is 27.0. The minimum Gasteiger partial charge on any atom is -0.493 e. The number of nitrogens with zero attached hydrogens (tertiary/aromatic N) is 1. The molecule has 2 aromatic carbocycles. The van der Waals surface area contributed by atoms with Crippen molar-refractivity contribution in [1.29, 1.82) is 0 Å². The molecule has 0 aliphatic carbocycles. The summed E-state index contributed by atoms with van der Waals surface area (Å²) in [5.74, 6) is 1.46. The van der Waals surface area contributed by atoms with Gasteiger partial charge in [0.05, 0.1) is 14.2 Å². The highest BCUT2D eigenvalue weighted by atomic mass is 16.6. The van der Waals surface area contributed by atoms with Gasteiger partial charge in [0, 0.05) is 13.1 Å². The average Bonchev–Trinajstić information content (AvgIpc) is 2.80. The maximum absolute atomic E-state index is 12.6. The highest BCUT2D eigenvalue weighted by molar-refractivity contribution is 5.82. The smallest absolute Gasteiger partial charge is 0.351 e. The summed E-state index contributed by atoms with van der Waals surface area (Å²) in [6.45, 7) is 0.656. The number of esters is 1. The molecule has 8 heteroatoms. The Balaban J connectivity index is 1.33. The van der Waals surface area contributed by atoms with Crippen molar-refractivity contribution in [2.24, 2.45) is 0 Å². The molecule has 1 atom stereocenters. The minimum atomic E-state index is -0.897. The molecule has 30 heavy (non-hydrogen) atoms. The normalized spacial score (nSPS) is 17.0. The van der Waals surface area contributed by atoms with Crippen LogP contribution in [0.4, 0.5) is 0 Å². The van der Waals surface area contributed by atoms with Gasteiger partial charge in [-0.2, -0.15) is 0 Å². The summed E-state index contributed by atoms with van der Waals surface area (Å²) in [4.78, 5) is 26.6. The zero-order valence-corrected chi connectivity index (χ0v) is 16.9. The van der Waals surface area contributed by atoms with Crippen molar-refractivity contribution in [3.05, 3.63) is 47.5 Å². The highest BCUT2D eigenvalue weighted by Gasteiger charge is 2.30. The molecule has 0 N–H and O–H groups in total. The highest BCUT2D eigenvalue weighted by Crippen LogP contribution is 2.33. The maximum Gasteiger partial charge on any atom is 0.351 e. The number of rotatable bonds is 5. The van der Waals surface area contributed by atoms with Gasteiger partial charge in [0.15, 0.2) is 29.6 Å². The Kier molecular flexibility index (Phi) is 5.65. The van der Waals surface area contributed by atoms with Crippen molar-refractivity contribution in [2.75, 3.05) is 34.0 Å². The van der Waals surface area contributed by atoms with Crippen molar-refractivity contribution in [3.63, 3.8) is 0 Å². The number of hydrogen-bond acceptors (Lipinski definition) is 7. The van der Waals surface area contributed by atoms with E-state index in [9.17, 15) is 9.59 Å². The fourth-order valence-corrected chi connectivity index (χ4v) is 3.55. The molecule has 0 bridgehead atoms. The van der Waals surface area contributed by atoms with Crippen LogP contribution in [0.5, 0.6) is 23.0 Å². The molecule has 1 amide bonds. The molecule has 0 aromatic heterocycles. The van der Waals surface area contributed by atoms with Crippen LogP contribution in [0.3, 0.4) is 0 Å². The lowest BCUT2D eigenvalue weighted by atomic mass is 9.99. The van der Waals surface area contributed by atoms with Crippen LogP contribution in [0, 0.1) is 0 Å². The van der Waals surface area contributed by atoms with Gasteiger partial charge >= 0.3 is 5.97 Å². The van der Waals surface area contributed by atoms with Gasteiger partial charge in [0.1, 0.15) is 6.61 Å². The van der Waals surface area contributed by atoms with Crippen molar-refractivity contribution >= 4 is 11.9 Å². The Hall–Kier alpha value is -3.42. The van der Waals surface area contributed by atoms with Crippen LogP contribution in [0.1, 0.15) is 11.1 Å². The molecule has 2 aromatic rings. The molecule has 8 nitrogen and oxygen atoms in total. The summed E-state index contributed by atoms with van der Waals surface area (Å²) in [5, 5.41) is 0. The summed E-state index contributed by atoms with van der Waals surface area (Å²) in [6, 6.07) is 10.9. The van der Waals surface area contributed by atoms with Crippen LogP contribution in [0.25, 0.3) is 0 Å². The van der Waals surface area contributed by atoms with Crippen LogP contribution in [-0.2, 0) is 27.3 Å². The van der Waals surface area contributed by atoms with E-state index in [1.165, 1.54) is 0 Å². The molecule has 0 fully saturated rings. The first-order valence-electron chi connectivity index (χ1n) is 9.65. The second kappa shape index (κ2) is 8.52. The molecule has 0 saturated heterocycles. The first-order chi connectivity index (χ1) is 14.6. The second-order valence-corrected chi connectivity index (χ2v) is 7.01. The van der Waals surface area contributed by atoms with Crippen LogP contribution in [-0.4, -0.2) is 56.9 Å². The van der Waals surface area contributed by atoms with Gasteiger partial charge in [0.2, 0.25) is 6.10 Å². The number of ether oxygens (including phenoxy) is 5. The predicted octanol–water partition coefficient (Wildman–Crippen LogP) is 1.97. The SMILES string of the molecule is COc1cc2c(cc1OC)CN(C(=O)COC(=O)[C@H]1COc3ccccc3O1)CC2. The van der Waals surface area contributed by atoms with Gasteiger partial charge in [0.25, 0.3) is 5.91 Å². The fraction of sp³-hybridized carbons (Fsp3) is 0.364. The van der Waals surface area contributed by atoms with E-state index in [2.05, 4.69) is 0 Å². The lowest BCUT2D eigenvalue weighted by Crippen LogP contribution is -2.42. The third-order valence-corrected chi connectivity index (χ3v) is 5.18. The van der Waals surface area contributed by atoms with Crippen molar-refractivity contribution in [2.45, 2.75) is 19.1 Å². The van der Waals surface area contributed by atoms with E-state index in [-0.39, 0.29) is 19.1 Å². The molecule has 2 heterocycles. The van der Waals surface area contributed by atoms with E-state index >= 15 is 0 Å². The first kappa shape index (κ1) is 19.9. The Bertz CT molecular complexity index is 958. The number of amides is 1.